The molecule has 0 spiro atoms. The number of likely N-dealkylation sites (tertiary alicyclic amines) is 1. The van der Waals surface area contributed by atoms with Gasteiger partial charge in [0, 0.05) is 0 Å². The zero-order valence-electron chi connectivity index (χ0n) is 13.2. The van der Waals surface area contributed by atoms with Crippen LogP contribution in [0.3, 0.4) is 0 Å². The predicted molar refractivity (Wildman–Crippen MR) is 88.3 cm³/mol. The lowest BCUT2D eigenvalue weighted by atomic mass is 10.1. The monoisotopic (exact) mass is 325 g/mol. The topological polar surface area (TPSA) is 66.8 Å². The highest BCUT2D eigenvalue weighted by Gasteiger charge is 2.42. The summed E-state index contributed by atoms with van der Waals surface area (Å²) < 4.78 is 5.37. The smallest absolute Gasteiger partial charge is 0.411 e. The summed E-state index contributed by atoms with van der Waals surface area (Å²) in [4.78, 5) is 25.4. The van der Waals surface area contributed by atoms with Crippen LogP contribution in [0, 0.1) is 0 Å². The van der Waals surface area contributed by atoms with Crippen LogP contribution >= 0.6 is 0 Å². The Morgan fingerprint density at radius 2 is 1.62 bits per heavy atom. The average Bonchev–Trinajstić information content (AvgIpc) is 3.07. The Balaban J connectivity index is 1.77. The maximum absolute atomic E-state index is 12.6. The molecule has 0 unspecified atom stereocenters. The van der Waals surface area contributed by atoms with E-state index in [-0.39, 0.29) is 12.6 Å². The fraction of sp³-hybridized carbons (Fsp3) is 0.263. The Labute approximate surface area is 140 Å². The van der Waals surface area contributed by atoms with Crippen LogP contribution in [0.2, 0.25) is 0 Å². The highest BCUT2D eigenvalue weighted by atomic mass is 16.6. The maximum atomic E-state index is 12.6. The van der Waals surface area contributed by atoms with Crippen LogP contribution in [0.4, 0.5) is 4.79 Å². The van der Waals surface area contributed by atoms with E-state index in [0.717, 1.165) is 11.1 Å². The van der Waals surface area contributed by atoms with Crippen LogP contribution in [0.1, 0.15) is 30.0 Å². The van der Waals surface area contributed by atoms with Crippen molar-refractivity contribution in [3.05, 3.63) is 71.8 Å². The van der Waals surface area contributed by atoms with E-state index < -0.39 is 18.1 Å². The van der Waals surface area contributed by atoms with E-state index in [0.29, 0.717) is 12.8 Å². The summed E-state index contributed by atoms with van der Waals surface area (Å²) in [6.07, 6.45) is 0.453. The average molecular weight is 325 g/mol. The molecule has 2 aromatic carbocycles. The summed E-state index contributed by atoms with van der Waals surface area (Å²) in [6, 6.07) is 17.7. The predicted octanol–water partition coefficient (Wildman–Crippen LogP) is 3.61. The van der Waals surface area contributed by atoms with Crippen molar-refractivity contribution in [3.8, 4) is 0 Å². The minimum atomic E-state index is -0.995. The van der Waals surface area contributed by atoms with Gasteiger partial charge in [-0.15, -0.1) is 0 Å². The highest BCUT2D eigenvalue weighted by molar-refractivity contribution is 5.81. The van der Waals surface area contributed by atoms with Gasteiger partial charge >= 0.3 is 12.1 Å². The molecule has 0 aliphatic carbocycles. The lowest BCUT2D eigenvalue weighted by Crippen LogP contribution is -2.42. The first-order valence-corrected chi connectivity index (χ1v) is 7.93. The van der Waals surface area contributed by atoms with Crippen LogP contribution in [0.25, 0.3) is 0 Å². The number of carbonyl (C=O) groups is 2. The van der Waals surface area contributed by atoms with Gasteiger partial charge in [0.2, 0.25) is 0 Å². The second-order valence-corrected chi connectivity index (χ2v) is 5.81. The number of aliphatic carboxylic acids is 1. The Morgan fingerprint density at radius 3 is 2.25 bits per heavy atom. The number of nitrogens with zero attached hydrogens (tertiary/aromatic N) is 1. The zero-order valence-corrected chi connectivity index (χ0v) is 13.2. The SMILES string of the molecule is O=C(O)[C@H]1CC[C@H](c2ccccc2)N1C(=O)OCc1ccccc1. The number of benzene rings is 2. The molecule has 2 atom stereocenters. The van der Waals surface area contributed by atoms with Crippen LogP contribution in [0.5, 0.6) is 0 Å². The standard InChI is InChI=1S/C19H19NO4/c21-18(22)17-12-11-16(15-9-5-2-6-10-15)20(17)19(23)24-13-14-7-3-1-4-8-14/h1-10,16-17H,11-13H2,(H,21,22)/t16-,17-/m1/s1. The number of amides is 1. The second kappa shape index (κ2) is 7.17. The first-order valence-electron chi connectivity index (χ1n) is 7.93. The van der Waals surface area contributed by atoms with Crippen LogP contribution in [-0.2, 0) is 16.1 Å². The molecule has 0 radical (unpaired) electrons. The molecule has 0 bridgehead atoms. The number of carboxylic acid groups (broad SMARTS) is 1. The number of ether oxygens (including phenoxy) is 1. The molecule has 1 aliphatic heterocycles. The Kier molecular flexibility index (Phi) is 4.79. The summed E-state index contributed by atoms with van der Waals surface area (Å²) in [5.74, 6) is -0.995. The van der Waals surface area contributed by atoms with Gasteiger partial charge in [-0.2, -0.15) is 0 Å². The quantitative estimate of drug-likeness (QED) is 0.932. The van der Waals surface area contributed by atoms with Gasteiger partial charge in [-0.05, 0) is 24.0 Å². The minimum Gasteiger partial charge on any atom is -0.480 e. The fourth-order valence-electron chi connectivity index (χ4n) is 3.10. The van der Waals surface area contributed by atoms with Crippen molar-refractivity contribution in [1.82, 2.24) is 4.90 Å². The number of rotatable bonds is 4. The molecule has 3 rings (SSSR count). The number of carboxylic acids is 1. The number of hydrogen-bond donors (Lipinski definition) is 1. The molecule has 0 saturated carbocycles. The van der Waals surface area contributed by atoms with E-state index in [2.05, 4.69) is 0 Å². The second-order valence-electron chi connectivity index (χ2n) is 5.81. The third-order valence-corrected chi connectivity index (χ3v) is 4.27. The van der Waals surface area contributed by atoms with Crippen molar-refractivity contribution in [3.63, 3.8) is 0 Å². The summed E-state index contributed by atoms with van der Waals surface area (Å²) >= 11 is 0. The molecule has 1 saturated heterocycles. The van der Waals surface area contributed by atoms with Crippen molar-refractivity contribution in [2.75, 3.05) is 0 Å². The summed E-state index contributed by atoms with van der Waals surface area (Å²) in [5, 5.41) is 9.43. The van der Waals surface area contributed by atoms with Crippen LogP contribution < -0.4 is 0 Å². The van der Waals surface area contributed by atoms with E-state index in [1.807, 2.05) is 60.7 Å². The molecule has 24 heavy (non-hydrogen) atoms. The molecule has 0 aromatic heterocycles. The largest absolute Gasteiger partial charge is 0.480 e. The molecule has 2 aromatic rings. The first kappa shape index (κ1) is 16.1. The van der Waals surface area contributed by atoms with Gasteiger partial charge in [-0.1, -0.05) is 60.7 Å². The van der Waals surface area contributed by atoms with Gasteiger partial charge < -0.3 is 9.84 Å². The van der Waals surface area contributed by atoms with Gasteiger partial charge in [0.25, 0.3) is 0 Å². The molecule has 1 amide bonds. The summed E-state index contributed by atoms with van der Waals surface area (Å²) in [5.41, 5.74) is 1.80. The Bertz CT molecular complexity index is 702. The van der Waals surface area contributed by atoms with Gasteiger partial charge in [-0.3, -0.25) is 4.90 Å². The summed E-state index contributed by atoms with van der Waals surface area (Å²) in [6.45, 7) is 0.129. The van der Waals surface area contributed by atoms with Gasteiger partial charge in [0.1, 0.15) is 12.6 Å². The van der Waals surface area contributed by atoms with Gasteiger partial charge in [0.05, 0.1) is 6.04 Å². The molecule has 1 N–H and O–H groups in total. The molecule has 5 nitrogen and oxygen atoms in total. The van der Waals surface area contributed by atoms with Crippen molar-refractivity contribution in [2.24, 2.45) is 0 Å². The molecule has 1 heterocycles. The van der Waals surface area contributed by atoms with Gasteiger partial charge in [-0.25, -0.2) is 9.59 Å². The molecule has 124 valence electrons. The molecule has 1 aliphatic rings. The normalized spacial score (nSPS) is 19.9. The van der Waals surface area contributed by atoms with E-state index in [4.69, 9.17) is 4.74 Å². The Hall–Kier alpha value is -2.82. The third-order valence-electron chi connectivity index (χ3n) is 4.27. The first-order chi connectivity index (χ1) is 11.7. The van der Waals surface area contributed by atoms with E-state index in [1.54, 1.807) is 0 Å². The minimum absolute atomic E-state index is 0.129. The third kappa shape index (κ3) is 3.40. The lowest BCUT2D eigenvalue weighted by molar-refractivity contribution is -0.142. The zero-order chi connectivity index (χ0) is 16.9. The molecular formula is C19H19NO4. The Morgan fingerprint density at radius 1 is 1.00 bits per heavy atom. The van der Waals surface area contributed by atoms with Crippen molar-refractivity contribution in [1.29, 1.82) is 0 Å². The molecular weight excluding hydrogens is 306 g/mol. The van der Waals surface area contributed by atoms with Crippen molar-refractivity contribution in [2.45, 2.75) is 31.5 Å². The number of hydrogen-bond acceptors (Lipinski definition) is 3. The molecule has 5 heteroatoms. The van der Waals surface area contributed by atoms with E-state index in [1.165, 1.54) is 4.90 Å². The van der Waals surface area contributed by atoms with E-state index in [9.17, 15) is 14.7 Å². The highest BCUT2D eigenvalue weighted by Crippen LogP contribution is 2.36. The van der Waals surface area contributed by atoms with Crippen molar-refractivity contribution < 1.29 is 19.4 Å². The number of carbonyl (C=O) groups excluding carboxylic acids is 1. The molecule has 1 fully saturated rings. The fourth-order valence-corrected chi connectivity index (χ4v) is 3.10. The lowest BCUT2D eigenvalue weighted by Gasteiger charge is -2.27. The van der Waals surface area contributed by atoms with Crippen LogP contribution in [-0.4, -0.2) is 28.1 Å². The maximum Gasteiger partial charge on any atom is 0.411 e. The van der Waals surface area contributed by atoms with Crippen LogP contribution in [0.15, 0.2) is 60.7 Å². The van der Waals surface area contributed by atoms with E-state index >= 15 is 0 Å². The van der Waals surface area contributed by atoms with Crippen molar-refractivity contribution >= 4 is 12.1 Å². The van der Waals surface area contributed by atoms with Gasteiger partial charge in [0.15, 0.2) is 0 Å². The summed E-state index contributed by atoms with van der Waals surface area (Å²) in [7, 11) is 0.